The van der Waals surface area contributed by atoms with Crippen molar-refractivity contribution in [1.29, 1.82) is 0 Å². The lowest BCUT2D eigenvalue weighted by molar-refractivity contribution is -0.138. The highest BCUT2D eigenvalue weighted by Crippen LogP contribution is 2.25. The van der Waals surface area contributed by atoms with Crippen LogP contribution in [0.15, 0.2) is 24.3 Å². The van der Waals surface area contributed by atoms with Gasteiger partial charge in [-0.25, -0.2) is 0 Å². The summed E-state index contributed by atoms with van der Waals surface area (Å²) in [5, 5.41) is 3.11. The molecule has 2 rings (SSSR count). The van der Waals surface area contributed by atoms with Crippen molar-refractivity contribution in [3.8, 4) is 0 Å². The highest BCUT2D eigenvalue weighted by Gasteiger charge is 2.32. The molecule has 0 saturated carbocycles. The van der Waals surface area contributed by atoms with Gasteiger partial charge in [0.15, 0.2) is 0 Å². The topological polar surface area (TPSA) is 52.7 Å². The van der Waals surface area contributed by atoms with Gasteiger partial charge in [0, 0.05) is 26.2 Å². The molecule has 156 valence electrons. The van der Waals surface area contributed by atoms with Crippen molar-refractivity contribution < 1.29 is 9.59 Å². The Morgan fingerprint density at radius 2 is 1.57 bits per heavy atom. The summed E-state index contributed by atoms with van der Waals surface area (Å²) >= 11 is 0. The maximum Gasteiger partial charge on any atom is 0.245 e. The van der Waals surface area contributed by atoms with Gasteiger partial charge in [0.1, 0.15) is 6.04 Å². The number of carbonyl (C=O) groups excluding carboxylic acids is 2. The van der Waals surface area contributed by atoms with Crippen molar-refractivity contribution in [3.63, 3.8) is 0 Å². The first-order chi connectivity index (χ1) is 13.2. The number of likely N-dealkylation sites (N-methyl/N-ethyl adjacent to an activating group) is 1. The zero-order valence-electron chi connectivity index (χ0n) is 18.4. The Morgan fingerprint density at radius 1 is 1.00 bits per heavy atom. The van der Waals surface area contributed by atoms with Gasteiger partial charge < -0.3 is 15.1 Å². The molecular weight excluding hydrogens is 350 g/mol. The molecule has 0 bridgehead atoms. The second-order valence-electron chi connectivity index (χ2n) is 8.95. The first-order valence-electron chi connectivity index (χ1n) is 10.5. The van der Waals surface area contributed by atoms with E-state index in [0.717, 1.165) is 31.7 Å². The van der Waals surface area contributed by atoms with E-state index in [2.05, 4.69) is 45.0 Å². The first kappa shape index (κ1) is 22.4. The zero-order chi connectivity index (χ0) is 20.8. The van der Waals surface area contributed by atoms with Crippen LogP contribution in [0.1, 0.15) is 51.2 Å². The van der Waals surface area contributed by atoms with Gasteiger partial charge in [-0.3, -0.25) is 9.59 Å². The Labute approximate surface area is 170 Å². The maximum absolute atomic E-state index is 13.2. The molecule has 5 heteroatoms. The number of aryl methyl sites for hydroxylation is 1. The van der Waals surface area contributed by atoms with Crippen LogP contribution in [0.25, 0.3) is 0 Å². The van der Waals surface area contributed by atoms with Gasteiger partial charge in [-0.2, -0.15) is 0 Å². The van der Waals surface area contributed by atoms with Crippen LogP contribution >= 0.6 is 0 Å². The van der Waals surface area contributed by atoms with Crippen molar-refractivity contribution in [2.24, 2.45) is 11.8 Å². The second-order valence-corrected chi connectivity index (χ2v) is 8.95. The van der Waals surface area contributed by atoms with Crippen LogP contribution in [0.5, 0.6) is 0 Å². The fourth-order valence-corrected chi connectivity index (χ4v) is 3.81. The van der Waals surface area contributed by atoms with E-state index in [4.69, 9.17) is 0 Å². The van der Waals surface area contributed by atoms with E-state index in [1.165, 1.54) is 5.56 Å². The normalized spacial score (nSPS) is 17.6. The third-order valence-electron chi connectivity index (χ3n) is 5.52. The molecule has 0 spiro atoms. The quantitative estimate of drug-likeness (QED) is 0.782. The Bertz CT molecular complexity index is 646. The summed E-state index contributed by atoms with van der Waals surface area (Å²) in [7, 11) is 2.07. The van der Waals surface area contributed by atoms with Crippen LogP contribution in [0.3, 0.4) is 0 Å². The number of rotatable bonds is 7. The van der Waals surface area contributed by atoms with Crippen LogP contribution in [0.2, 0.25) is 0 Å². The van der Waals surface area contributed by atoms with Crippen molar-refractivity contribution in [3.05, 3.63) is 35.4 Å². The van der Waals surface area contributed by atoms with Crippen LogP contribution in [0, 0.1) is 18.8 Å². The van der Waals surface area contributed by atoms with E-state index in [1.807, 2.05) is 36.1 Å². The van der Waals surface area contributed by atoms with Gasteiger partial charge in [-0.1, -0.05) is 57.5 Å². The maximum atomic E-state index is 13.2. The van der Waals surface area contributed by atoms with Crippen LogP contribution < -0.4 is 5.32 Å². The third kappa shape index (κ3) is 6.06. The number of benzene rings is 1. The smallest absolute Gasteiger partial charge is 0.245 e. The lowest BCUT2D eigenvalue weighted by Gasteiger charge is -2.35. The van der Waals surface area contributed by atoms with Crippen LogP contribution in [-0.2, 0) is 9.59 Å². The van der Waals surface area contributed by atoms with Gasteiger partial charge in [-0.15, -0.1) is 0 Å². The van der Waals surface area contributed by atoms with Crippen molar-refractivity contribution in [1.82, 2.24) is 15.1 Å². The van der Waals surface area contributed by atoms with Gasteiger partial charge in [-0.05, 0) is 37.8 Å². The fourth-order valence-electron chi connectivity index (χ4n) is 3.81. The Morgan fingerprint density at radius 3 is 2.07 bits per heavy atom. The SMILES string of the molecule is Cc1ccc(C(C(=O)N[C@H](CC(C)C)C(=O)N2CCN(C)CC2)C(C)C)cc1. The number of hydrogen-bond acceptors (Lipinski definition) is 3. The molecule has 1 aliphatic rings. The standard InChI is InChI=1S/C23H37N3O2/c1-16(2)15-20(23(28)26-13-11-25(6)12-14-26)24-22(27)21(17(3)4)19-9-7-18(5)8-10-19/h7-10,16-17,20-21H,11-15H2,1-6H3,(H,24,27)/t20-,21?/m1/s1. The average Bonchev–Trinajstić information content (AvgIpc) is 2.62. The molecule has 1 aliphatic heterocycles. The number of nitrogens with zero attached hydrogens (tertiary/aromatic N) is 2. The molecule has 28 heavy (non-hydrogen) atoms. The summed E-state index contributed by atoms with van der Waals surface area (Å²) in [6, 6.07) is 7.68. The molecule has 2 amide bonds. The van der Waals surface area contributed by atoms with Crippen LogP contribution in [0.4, 0.5) is 0 Å². The summed E-state index contributed by atoms with van der Waals surface area (Å²) in [4.78, 5) is 30.5. The van der Waals surface area contributed by atoms with Crippen molar-refractivity contribution in [2.45, 2.75) is 53.0 Å². The molecule has 1 N–H and O–H groups in total. The third-order valence-corrected chi connectivity index (χ3v) is 5.52. The molecule has 5 nitrogen and oxygen atoms in total. The molecule has 1 unspecified atom stereocenters. The molecule has 0 radical (unpaired) electrons. The van der Waals surface area contributed by atoms with Crippen molar-refractivity contribution >= 4 is 11.8 Å². The minimum atomic E-state index is -0.456. The summed E-state index contributed by atoms with van der Waals surface area (Å²) in [6.45, 7) is 13.6. The predicted molar refractivity (Wildman–Crippen MR) is 114 cm³/mol. The molecule has 1 saturated heterocycles. The molecule has 0 aliphatic carbocycles. The Hall–Kier alpha value is -1.88. The number of hydrogen-bond donors (Lipinski definition) is 1. The van der Waals surface area contributed by atoms with Gasteiger partial charge in [0.05, 0.1) is 5.92 Å². The van der Waals surface area contributed by atoms with Crippen molar-refractivity contribution in [2.75, 3.05) is 33.2 Å². The van der Waals surface area contributed by atoms with E-state index < -0.39 is 6.04 Å². The Balaban J connectivity index is 2.15. The van der Waals surface area contributed by atoms with E-state index >= 15 is 0 Å². The summed E-state index contributed by atoms with van der Waals surface area (Å²) in [6.07, 6.45) is 0.662. The van der Waals surface area contributed by atoms with E-state index in [1.54, 1.807) is 0 Å². The molecule has 1 aromatic rings. The minimum absolute atomic E-state index is 0.0491. The molecule has 1 heterocycles. The lowest BCUT2D eigenvalue weighted by atomic mass is 9.86. The van der Waals surface area contributed by atoms with Gasteiger partial charge >= 0.3 is 0 Å². The first-order valence-corrected chi connectivity index (χ1v) is 10.5. The molecule has 1 aromatic carbocycles. The fraction of sp³-hybridized carbons (Fsp3) is 0.652. The lowest BCUT2D eigenvalue weighted by Crippen LogP contribution is -2.55. The Kier molecular flexibility index (Phi) is 8.05. The van der Waals surface area contributed by atoms with E-state index in [9.17, 15) is 9.59 Å². The minimum Gasteiger partial charge on any atom is -0.344 e. The summed E-state index contributed by atoms with van der Waals surface area (Å²) in [5.74, 6) is 0.240. The zero-order valence-corrected chi connectivity index (χ0v) is 18.4. The average molecular weight is 388 g/mol. The monoisotopic (exact) mass is 387 g/mol. The number of carbonyl (C=O) groups is 2. The summed E-state index contributed by atoms with van der Waals surface area (Å²) < 4.78 is 0. The van der Waals surface area contributed by atoms with E-state index in [0.29, 0.717) is 12.3 Å². The number of nitrogens with one attached hydrogen (secondary N) is 1. The highest BCUT2D eigenvalue weighted by atomic mass is 16.2. The largest absolute Gasteiger partial charge is 0.344 e. The molecule has 2 atom stereocenters. The summed E-state index contributed by atoms with van der Waals surface area (Å²) in [5.41, 5.74) is 2.18. The number of amides is 2. The van der Waals surface area contributed by atoms with E-state index in [-0.39, 0.29) is 23.7 Å². The number of piperazine rings is 1. The predicted octanol–water partition coefficient (Wildman–Crippen LogP) is 3.04. The second kappa shape index (κ2) is 10.1. The molecule has 0 aromatic heterocycles. The van der Waals surface area contributed by atoms with Gasteiger partial charge in [0.2, 0.25) is 11.8 Å². The molecular formula is C23H37N3O2. The molecule has 1 fully saturated rings. The highest BCUT2D eigenvalue weighted by molar-refractivity contribution is 5.90. The van der Waals surface area contributed by atoms with Crippen LogP contribution in [-0.4, -0.2) is 60.9 Å². The van der Waals surface area contributed by atoms with Gasteiger partial charge in [0.25, 0.3) is 0 Å².